The predicted octanol–water partition coefficient (Wildman–Crippen LogP) is 2.89. The summed E-state index contributed by atoms with van der Waals surface area (Å²) in [4.78, 5) is 8.41. The van der Waals surface area contributed by atoms with Crippen LogP contribution in [0.25, 0.3) is 11.4 Å². The summed E-state index contributed by atoms with van der Waals surface area (Å²) in [6.45, 7) is 3.99. The Morgan fingerprint density at radius 1 is 1.42 bits per heavy atom. The largest absolute Gasteiger partial charge is 0.482 e. The molecule has 3 rings (SSSR count). The van der Waals surface area contributed by atoms with Gasteiger partial charge in [-0.3, -0.25) is 4.99 Å². The lowest BCUT2D eigenvalue weighted by Crippen LogP contribution is -2.27. The van der Waals surface area contributed by atoms with Crippen LogP contribution < -0.4 is 27.3 Å². The second kappa shape index (κ2) is 10.1. The number of nitrogen functional groups attached to an aromatic ring is 1. The van der Waals surface area contributed by atoms with E-state index in [-0.39, 0.29) is 12.4 Å². The average molecular weight is 450 g/mol. The molecule has 2 heterocycles. The second-order valence-corrected chi connectivity index (χ2v) is 7.64. The average Bonchev–Trinajstić information content (AvgIpc) is 2.80. The van der Waals surface area contributed by atoms with Gasteiger partial charge in [-0.25, -0.2) is 9.37 Å². The molecule has 1 aliphatic rings. The molecule has 0 aliphatic carbocycles. The predicted molar refractivity (Wildman–Crippen MR) is 128 cm³/mol. The smallest absolute Gasteiger partial charge is 0.166 e. The number of nitriles is 1. The van der Waals surface area contributed by atoms with Gasteiger partial charge >= 0.3 is 0 Å². The molecule has 0 saturated carbocycles. The van der Waals surface area contributed by atoms with Crippen molar-refractivity contribution in [3.63, 3.8) is 0 Å². The Balaban J connectivity index is 2.31. The summed E-state index contributed by atoms with van der Waals surface area (Å²) >= 11 is 0. The third-order valence-corrected chi connectivity index (χ3v) is 5.52. The van der Waals surface area contributed by atoms with Crippen molar-refractivity contribution >= 4 is 23.4 Å². The molecule has 33 heavy (non-hydrogen) atoms. The number of pyridine rings is 1. The van der Waals surface area contributed by atoms with Gasteiger partial charge in [0.25, 0.3) is 0 Å². The van der Waals surface area contributed by atoms with Crippen LogP contribution in [0.5, 0.6) is 5.75 Å². The highest BCUT2D eigenvalue weighted by Crippen LogP contribution is 2.33. The highest BCUT2D eigenvalue weighted by Gasteiger charge is 2.22. The molecule has 0 fully saturated rings. The quantitative estimate of drug-likeness (QED) is 0.526. The lowest BCUT2D eigenvalue weighted by molar-refractivity contribution is 0.226. The summed E-state index contributed by atoms with van der Waals surface area (Å²) < 4.78 is 20.3. The van der Waals surface area contributed by atoms with E-state index in [9.17, 15) is 9.65 Å². The first-order valence-electron chi connectivity index (χ1n) is 10.6. The number of ether oxygens (including phenoxy) is 1. The van der Waals surface area contributed by atoms with Crippen LogP contribution in [0.3, 0.4) is 0 Å². The first-order chi connectivity index (χ1) is 15.8. The number of aliphatic imine (C=N–C) groups is 1. The fraction of sp³-hybridized carbons (Fsp3) is 0.292. The van der Waals surface area contributed by atoms with Crippen molar-refractivity contribution in [1.82, 2.24) is 10.3 Å². The molecule has 172 valence electrons. The first-order valence-corrected chi connectivity index (χ1v) is 10.6. The maximum atomic E-state index is 14.2. The van der Waals surface area contributed by atoms with E-state index in [0.717, 1.165) is 0 Å². The van der Waals surface area contributed by atoms with E-state index in [1.165, 1.54) is 12.1 Å². The minimum absolute atomic E-state index is 0.185. The summed E-state index contributed by atoms with van der Waals surface area (Å²) in [5, 5.41) is 12.8. The van der Waals surface area contributed by atoms with E-state index >= 15 is 0 Å². The van der Waals surface area contributed by atoms with Gasteiger partial charge in [0.1, 0.15) is 18.0 Å². The van der Waals surface area contributed by atoms with E-state index in [0.29, 0.717) is 51.4 Å². The van der Waals surface area contributed by atoms with Crippen LogP contribution in [-0.4, -0.2) is 30.8 Å². The zero-order chi connectivity index (χ0) is 24.1. The molecular weight excluding hydrogens is 421 g/mol. The SMILES string of the molecule is CC/C(=C1/NCC(C=NC)=C(N)c2ccc(F)cc2C(C)Oc2cc1cnc2N)C(N)C#N. The molecule has 2 unspecified atom stereocenters. The number of nitrogens with zero attached hydrogens (tertiary/aromatic N) is 3. The van der Waals surface area contributed by atoms with Gasteiger partial charge in [0.2, 0.25) is 0 Å². The van der Waals surface area contributed by atoms with Crippen LogP contribution in [0.15, 0.2) is 46.6 Å². The van der Waals surface area contributed by atoms with E-state index in [1.54, 1.807) is 38.5 Å². The molecule has 0 spiro atoms. The topological polar surface area (TPSA) is 148 Å². The van der Waals surface area contributed by atoms with Crippen molar-refractivity contribution < 1.29 is 9.13 Å². The Hall–Kier alpha value is -3.90. The Morgan fingerprint density at radius 2 is 2.18 bits per heavy atom. The lowest BCUT2D eigenvalue weighted by atomic mass is 9.96. The van der Waals surface area contributed by atoms with Crippen LogP contribution in [-0.2, 0) is 0 Å². The van der Waals surface area contributed by atoms with Crippen LogP contribution in [0, 0.1) is 17.1 Å². The normalized spacial score (nSPS) is 18.8. The van der Waals surface area contributed by atoms with Crippen molar-refractivity contribution in [2.75, 3.05) is 19.3 Å². The van der Waals surface area contributed by atoms with Crippen LogP contribution >= 0.6 is 0 Å². The van der Waals surface area contributed by atoms with Crippen molar-refractivity contribution in [2.24, 2.45) is 16.5 Å². The number of nitrogens with one attached hydrogen (secondary N) is 1. The van der Waals surface area contributed by atoms with Gasteiger partial charge in [-0.2, -0.15) is 5.26 Å². The summed E-state index contributed by atoms with van der Waals surface area (Å²) in [7, 11) is 1.64. The van der Waals surface area contributed by atoms with Gasteiger partial charge in [-0.1, -0.05) is 6.92 Å². The van der Waals surface area contributed by atoms with Crippen molar-refractivity contribution in [3.05, 3.63) is 64.1 Å². The number of halogens is 1. The maximum absolute atomic E-state index is 14.2. The minimum Gasteiger partial charge on any atom is -0.482 e. The van der Waals surface area contributed by atoms with Crippen LogP contribution in [0.1, 0.15) is 43.1 Å². The van der Waals surface area contributed by atoms with E-state index in [2.05, 4.69) is 21.4 Å². The minimum atomic E-state index is -0.820. The molecule has 1 aromatic carbocycles. The van der Waals surface area contributed by atoms with Gasteiger partial charge in [0.15, 0.2) is 11.6 Å². The first kappa shape index (κ1) is 23.8. The Bertz CT molecular complexity index is 1180. The van der Waals surface area contributed by atoms with Crippen molar-refractivity contribution in [3.8, 4) is 11.8 Å². The molecule has 0 radical (unpaired) electrons. The third kappa shape index (κ3) is 4.96. The zero-order valence-electron chi connectivity index (χ0n) is 18.9. The molecule has 8 nitrogen and oxygen atoms in total. The van der Waals surface area contributed by atoms with Crippen LogP contribution in [0.4, 0.5) is 10.2 Å². The van der Waals surface area contributed by atoms with E-state index in [4.69, 9.17) is 21.9 Å². The number of hydrogen-bond donors (Lipinski definition) is 4. The van der Waals surface area contributed by atoms with Gasteiger partial charge in [0, 0.05) is 59.7 Å². The van der Waals surface area contributed by atoms with E-state index in [1.807, 2.05) is 6.92 Å². The number of fused-ring (bicyclic) bond motifs is 3. The fourth-order valence-electron chi connectivity index (χ4n) is 3.81. The number of aromatic nitrogens is 1. The molecule has 0 amide bonds. The molecule has 0 saturated heterocycles. The molecule has 7 N–H and O–H groups in total. The highest BCUT2D eigenvalue weighted by atomic mass is 19.1. The number of anilines is 1. The molecule has 1 aliphatic heterocycles. The number of hydrogen-bond acceptors (Lipinski definition) is 8. The van der Waals surface area contributed by atoms with E-state index < -0.39 is 18.0 Å². The molecule has 2 atom stereocenters. The Kier molecular flexibility index (Phi) is 7.30. The van der Waals surface area contributed by atoms with Gasteiger partial charge < -0.3 is 27.3 Å². The number of nitrogens with two attached hydrogens (primary N) is 3. The molecule has 9 heteroatoms. The summed E-state index contributed by atoms with van der Waals surface area (Å²) in [6, 6.07) is 7.38. The molecular formula is C24H28FN7O. The zero-order valence-corrected chi connectivity index (χ0v) is 18.9. The van der Waals surface area contributed by atoms with Gasteiger partial charge in [-0.15, -0.1) is 0 Å². The molecule has 2 aromatic rings. The summed E-state index contributed by atoms with van der Waals surface area (Å²) in [6.07, 6.45) is 3.19. The van der Waals surface area contributed by atoms with Crippen molar-refractivity contribution in [1.29, 1.82) is 5.26 Å². The van der Waals surface area contributed by atoms with Gasteiger partial charge in [-0.05, 0) is 43.2 Å². The Morgan fingerprint density at radius 3 is 2.85 bits per heavy atom. The summed E-state index contributed by atoms with van der Waals surface area (Å²) in [5.41, 5.74) is 23.0. The highest BCUT2D eigenvalue weighted by molar-refractivity contribution is 5.91. The summed E-state index contributed by atoms with van der Waals surface area (Å²) in [5.74, 6) is 0.106. The Labute approximate surface area is 192 Å². The lowest BCUT2D eigenvalue weighted by Gasteiger charge is -2.24. The number of rotatable bonds is 3. The van der Waals surface area contributed by atoms with Crippen molar-refractivity contribution in [2.45, 2.75) is 32.4 Å². The fourth-order valence-corrected chi connectivity index (χ4v) is 3.81. The molecule has 2 bridgehead atoms. The second-order valence-electron chi connectivity index (χ2n) is 7.64. The monoisotopic (exact) mass is 449 g/mol. The molecule has 1 aromatic heterocycles. The third-order valence-electron chi connectivity index (χ3n) is 5.52. The standard InChI is InChI=1S/C24H28FN7O/c1-4-17(20(27)9-26)23-14-7-21(24(29)32-11-14)33-13(2)19-8-16(25)5-6-18(19)22(28)15(10-30-3)12-31-23/h5-8,10-11,13,20,31H,4,12,27-28H2,1-3H3,(H2,29,32)/b22-15?,23-17-,30-10?. The number of benzene rings is 1. The van der Waals surface area contributed by atoms with Gasteiger partial charge in [0.05, 0.1) is 6.07 Å². The maximum Gasteiger partial charge on any atom is 0.166 e. The van der Waals surface area contributed by atoms with Crippen LogP contribution in [0.2, 0.25) is 0 Å².